The third-order valence-electron chi connectivity index (χ3n) is 3.74. The summed E-state index contributed by atoms with van der Waals surface area (Å²) in [6.07, 6.45) is 4.84. The minimum Gasteiger partial charge on any atom is -0.497 e. The zero-order valence-electron chi connectivity index (χ0n) is 12.6. The first-order chi connectivity index (χ1) is 10.7. The van der Waals surface area contributed by atoms with E-state index in [0.717, 1.165) is 41.1 Å². The number of hydrogen-bond donors (Lipinski definition) is 0. The topological polar surface area (TPSA) is 47.9 Å². The SMILES string of the molecule is COC(=O)c1c(N=Cc2ccc(OC)cc2)sc2c1CCC2. The number of thiophene rings is 1. The fourth-order valence-corrected chi connectivity index (χ4v) is 3.84. The average molecular weight is 315 g/mol. The molecular weight excluding hydrogens is 298 g/mol. The molecule has 1 aromatic carbocycles. The van der Waals surface area contributed by atoms with E-state index < -0.39 is 0 Å². The first-order valence-electron chi connectivity index (χ1n) is 7.14. The van der Waals surface area contributed by atoms with Gasteiger partial charge in [0.2, 0.25) is 0 Å². The van der Waals surface area contributed by atoms with Gasteiger partial charge in [-0.3, -0.25) is 0 Å². The molecular formula is C17H17NO3S. The highest BCUT2D eigenvalue weighted by Crippen LogP contribution is 2.41. The molecule has 3 rings (SSSR count). The normalized spacial score (nSPS) is 13.4. The predicted octanol–water partition coefficient (Wildman–Crippen LogP) is 3.78. The molecule has 114 valence electrons. The van der Waals surface area contributed by atoms with Crippen molar-refractivity contribution in [1.29, 1.82) is 0 Å². The molecule has 0 saturated heterocycles. The zero-order valence-corrected chi connectivity index (χ0v) is 13.4. The summed E-state index contributed by atoms with van der Waals surface area (Å²) in [5.41, 5.74) is 2.73. The van der Waals surface area contributed by atoms with Gasteiger partial charge in [-0.2, -0.15) is 0 Å². The molecule has 0 fully saturated rings. The smallest absolute Gasteiger partial charge is 0.341 e. The maximum absolute atomic E-state index is 12.0. The third kappa shape index (κ3) is 2.76. The van der Waals surface area contributed by atoms with Gasteiger partial charge in [-0.25, -0.2) is 9.79 Å². The van der Waals surface area contributed by atoms with Gasteiger partial charge in [-0.1, -0.05) is 0 Å². The maximum atomic E-state index is 12.0. The van der Waals surface area contributed by atoms with Crippen LogP contribution in [0.25, 0.3) is 0 Å². The van der Waals surface area contributed by atoms with Crippen LogP contribution in [0.1, 0.15) is 32.8 Å². The first-order valence-corrected chi connectivity index (χ1v) is 7.95. The number of nitrogens with zero attached hydrogens (tertiary/aromatic N) is 1. The Hall–Kier alpha value is -2.14. The molecule has 0 amide bonds. The van der Waals surface area contributed by atoms with Gasteiger partial charge in [0, 0.05) is 11.1 Å². The Morgan fingerprint density at radius 2 is 2.00 bits per heavy atom. The van der Waals surface area contributed by atoms with E-state index in [4.69, 9.17) is 9.47 Å². The zero-order chi connectivity index (χ0) is 15.5. The summed E-state index contributed by atoms with van der Waals surface area (Å²) in [4.78, 5) is 17.8. The molecule has 1 aromatic heterocycles. The molecule has 1 heterocycles. The predicted molar refractivity (Wildman–Crippen MR) is 87.9 cm³/mol. The van der Waals surface area contributed by atoms with Crippen LogP contribution >= 0.6 is 11.3 Å². The lowest BCUT2D eigenvalue weighted by Crippen LogP contribution is -2.02. The lowest BCUT2D eigenvalue weighted by molar-refractivity contribution is 0.0601. The molecule has 1 aliphatic rings. The van der Waals surface area contributed by atoms with Crippen molar-refractivity contribution in [2.24, 2.45) is 4.99 Å². The standard InChI is InChI=1S/C17H17NO3S/c1-20-12-8-6-11(7-9-12)10-18-16-15(17(19)21-2)13-4-3-5-14(13)22-16/h6-10H,3-5H2,1-2H3. The van der Waals surface area contributed by atoms with Gasteiger partial charge >= 0.3 is 5.97 Å². The average Bonchev–Trinajstić information content (AvgIpc) is 3.13. The summed E-state index contributed by atoms with van der Waals surface area (Å²) in [7, 11) is 3.05. The molecule has 0 radical (unpaired) electrons. The van der Waals surface area contributed by atoms with E-state index in [-0.39, 0.29) is 5.97 Å². The summed E-state index contributed by atoms with van der Waals surface area (Å²) in [5, 5.41) is 0.743. The molecule has 0 bridgehead atoms. The van der Waals surface area contributed by atoms with Crippen molar-refractivity contribution in [1.82, 2.24) is 0 Å². The Labute approximate surface area is 133 Å². The van der Waals surface area contributed by atoms with Gasteiger partial charge in [0.1, 0.15) is 10.8 Å². The van der Waals surface area contributed by atoms with Crippen molar-refractivity contribution in [3.8, 4) is 5.75 Å². The fourth-order valence-electron chi connectivity index (χ4n) is 2.62. The number of esters is 1. The minimum absolute atomic E-state index is 0.290. The number of methoxy groups -OCH3 is 2. The highest BCUT2D eigenvalue weighted by Gasteiger charge is 2.26. The first kappa shape index (κ1) is 14.8. The van der Waals surface area contributed by atoms with Crippen molar-refractivity contribution in [2.75, 3.05) is 14.2 Å². The second-order valence-electron chi connectivity index (χ2n) is 5.06. The minimum atomic E-state index is -0.290. The number of fused-ring (bicyclic) bond motifs is 1. The van der Waals surface area contributed by atoms with E-state index in [0.29, 0.717) is 5.56 Å². The van der Waals surface area contributed by atoms with E-state index >= 15 is 0 Å². The second kappa shape index (κ2) is 6.32. The Balaban J connectivity index is 1.91. The van der Waals surface area contributed by atoms with E-state index in [1.54, 1.807) is 24.7 Å². The van der Waals surface area contributed by atoms with Gasteiger partial charge in [0.05, 0.1) is 19.8 Å². The largest absolute Gasteiger partial charge is 0.497 e. The fraction of sp³-hybridized carbons (Fsp3) is 0.294. The van der Waals surface area contributed by atoms with Crippen molar-refractivity contribution in [3.05, 3.63) is 45.8 Å². The summed E-state index contributed by atoms with van der Waals surface area (Å²) < 4.78 is 10.1. The van der Waals surface area contributed by atoms with E-state index in [2.05, 4.69) is 4.99 Å². The Kier molecular flexibility index (Phi) is 4.24. The Bertz CT molecular complexity index is 716. The molecule has 0 N–H and O–H groups in total. The second-order valence-corrected chi connectivity index (χ2v) is 6.14. The van der Waals surface area contributed by atoms with Crippen molar-refractivity contribution in [3.63, 3.8) is 0 Å². The summed E-state index contributed by atoms with van der Waals surface area (Å²) >= 11 is 1.60. The molecule has 0 aliphatic heterocycles. The van der Waals surface area contributed by atoms with Crippen LogP contribution in [0.3, 0.4) is 0 Å². The molecule has 1 aliphatic carbocycles. The molecule has 0 saturated carbocycles. The molecule has 5 heteroatoms. The molecule has 4 nitrogen and oxygen atoms in total. The van der Waals surface area contributed by atoms with Crippen LogP contribution in [0.15, 0.2) is 29.3 Å². The van der Waals surface area contributed by atoms with E-state index in [1.165, 1.54) is 12.0 Å². The summed E-state index contributed by atoms with van der Waals surface area (Å²) in [6.45, 7) is 0. The molecule has 2 aromatic rings. The molecule has 22 heavy (non-hydrogen) atoms. The number of carbonyl (C=O) groups excluding carboxylic acids is 1. The van der Waals surface area contributed by atoms with Gasteiger partial charge in [0.25, 0.3) is 0 Å². The quantitative estimate of drug-likeness (QED) is 0.637. The van der Waals surface area contributed by atoms with Crippen LogP contribution in [0.5, 0.6) is 5.75 Å². The summed E-state index contributed by atoms with van der Waals surface area (Å²) in [6, 6.07) is 7.64. The van der Waals surface area contributed by atoms with Crippen LogP contribution in [-0.2, 0) is 17.6 Å². The summed E-state index contributed by atoms with van der Waals surface area (Å²) in [5.74, 6) is 0.517. The van der Waals surface area contributed by atoms with Crippen molar-refractivity contribution in [2.45, 2.75) is 19.3 Å². The monoisotopic (exact) mass is 315 g/mol. The van der Waals surface area contributed by atoms with Crippen LogP contribution in [0, 0.1) is 0 Å². The van der Waals surface area contributed by atoms with Gasteiger partial charge in [-0.05, 0) is 54.7 Å². The molecule has 0 unspecified atom stereocenters. The molecule has 0 atom stereocenters. The number of hydrogen-bond acceptors (Lipinski definition) is 5. The van der Waals surface area contributed by atoms with Gasteiger partial charge < -0.3 is 9.47 Å². The number of aryl methyl sites for hydroxylation is 1. The van der Waals surface area contributed by atoms with Crippen LogP contribution in [-0.4, -0.2) is 26.4 Å². The number of aliphatic imine (C=N–C) groups is 1. The highest BCUT2D eigenvalue weighted by atomic mass is 32.1. The number of carbonyl (C=O) groups is 1. The van der Waals surface area contributed by atoms with Crippen molar-refractivity contribution >= 4 is 28.5 Å². The highest BCUT2D eigenvalue weighted by molar-refractivity contribution is 7.16. The molecule has 0 spiro atoms. The van der Waals surface area contributed by atoms with Gasteiger partial charge in [0.15, 0.2) is 0 Å². The Morgan fingerprint density at radius 1 is 1.23 bits per heavy atom. The number of benzene rings is 1. The lowest BCUT2D eigenvalue weighted by atomic mass is 10.1. The maximum Gasteiger partial charge on any atom is 0.341 e. The Morgan fingerprint density at radius 3 is 2.68 bits per heavy atom. The van der Waals surface area contributed by atoms with E-state index in [9.17, 15) is 4.79 Å². The third-order valence-corrected chi connectivity index (χ3v) is 4.94. The van der Waals surface area contributed by atoms with Crippen LogP contribution in [0.2, 0.25) is 0 Å². The van der Waals surface area contributed by atoms with Crippen LogP contribution in [0.4, 0.5) is 5.00 Å². The lowest BCUT2D eigenvalue weighted by Gasteiger charge is -2.01. The van der Waals surface area contributed by atoms with Gasteiger partial charge in [-0.15, -0.1) is 11.3 Å². The van der Waals surface area contributed by atoms with Crippen molar-refractivity contribution < 1.29 is 14.3 Å². The van der Waals surface area contributed by atoms with E-state index in [1.807, 2.05) is 24.3 Å². The number of ether oxygens (including phenoxy) is 2. The van der Waals surface area contributed by atoms with Crippen LogP contribution < -0.4 is 4.74 Å². The number of rotatable bonds is 4.